The number of hydrogen-bond donors (Lipinski definition) is 2. The van der Waals surface area contributed by atoms with Gasteiger partial charge in [0.25, 0.3) is 5.91 Å². The number of benzene rings is 2. The predicted octanol–water partition coefficient (Wildman–Crippen LogP) is 2.40. The van der Waals surface area contributed by atoms with E-state index in [1.54, 1.807) is 0 Å². The summed E-state index contributed by atoms with van der Waals surface area (Å²) in [7, 11) is 0. The molecule has 0 unspecified atom stereocenters. The van der Waals surface area contributed by atoms with Crippen molar-refractivity contribution >= 4 is 17.3 Å². The number of hydrogen-bond acceptors (Lipinski definition) is 4. The molecule has 0 saturated heterocycles. The number of amides is 1. The van der Waals surface area contributed by atoms with Crippen LogP contribution in [0.5, 0.6) is 0 Å². The molecule has 0 aliphatic rings. The van der Waals surface area contributed by atoms with Gasteiger partial charge in [0.05, 0.1) is 16.8 Å². The van der Waals surface area contributed by atoms with E-state index in [-0.39, 0.29) is 22.4 Å². The lowest BCUT2D eigenvalue weighted by atomic mass is 10.1. The molecule has 2 aromatic carbocycles. The third-order valence-corrected chi connectivity index (χ3v) is 2.78. The van der Waals surface area contributed by atoms with E-state index in [9.17, 15) is 9.18 Å². The van der Waals surface area contributed by atoms with Crippen molar-refractivity contribution < 1.29 is 9.18 Å². The van der Waals surface area contributed by atoms with Crippen molar-refractivity contribution in [2.24, 2.45) is 0 Å². The average molecular weight is 280 g/mol. The molecule has 0 heterocycles. The Hall–Kier alpha value is -3.38. The van der Waals surface area contributed by atoms with Crippen LogP contribution in [0.25, 0.3) is 0 Å². The van der Waals surface area contributed by atoms with Crippen LogP contribution in [0.15, 0.2) is 36.4 Å². The Morgan fingerprint density at radius 1 is 1.10 bits per heavy atom. The largest absolute Gasteiger partial charge is 0.396 e. The lowest BCUT2D eigenvalue weighted by molar-refractivity contribution is 0.102. The van der Waals surface area contributed by atoms with Crippen LogP contribution in [-0.4, -0.2) is 5.91 Å². The van der Waals surface area contributed by atoms with Gasteiger partial charge in [0.1, 0.15) is 18.0 Å². The third-order valence-electron chi connectivity index (χ3n) is 2.78. The molecule has 0 bridgehead atoms. The molecule has 102 valence electrons. The standard InChI is InChI=1S/C15H9FN4O/c16-13-6-9(2-4-14(13)19)15(21)20-12-3-1-10(7-17)11(5-12)8-18/h1-6H,19H2,(H,20,21). The quantitative estimate of drug-likeness (QED) is 0.824. The number of anilines is 2. The molecular formula is C15H9FN4O. The Balaban J connectivity index is 2.26. The molecule has 0 atom stereocenters. The fraction of sp³-hybridized carbons (Fsp3) is 0. The summed E-state index contributed by atoms with van der Waals surface area (Å²) in [6.07, 6.45) is 0. The molecule has 0 saturated carbocycles. The van der Waals surface area contributed by atoms with E-state index < -0.39 is 11.7 Å². The van der Waals surface area contributed by atoms with Gasteiger partial charge >= 0.3 is 0 Å². The minimum absolute atomic E-state index is 0.0447. The van der Waals surface area contributed by atoms with Crippen LogP contribution in [0, 0.1) is 28.5 Å². The van der Waals surface area contributed by atoms with Crippen LogP contribution in [-0.2, 0) is 0 Å². The highest BCUT2D eigenvalue weighted by Gasteiger charge is 2.10. The molecular weight excluding hydrogens is 271 g/mol. The molecule has 2 aromatic rings. The van der Waals surface area contributed by atoms with E-state index in [2.05, 4.69) is 5.32 Å². The number of nitrogens with zero attached hydrogens (tertiary/aromatic N) is 2. The topological polar surface area (TPSA) is 103 Å². The first-order chi connectivity index (χ1) is 10.0. The van der Waals surface area contributed by atoms with Gasteiger partial charge in [-0.2, -0.15) is 10.5 Å². The van der Waals surface area contributed by atoms with Gasteiger partial charge in [-0.15, -0.1) is 0 Å². The number of nitriles is 2. The lowest BCUT2D eigenvalue weighted by Crippen LogP contribution is -2.12. The lowest BCUT2D eigenvalue weighted by Gasteiger charge is -2.07. The maximum Gasteiger partial charge on any atom is 0.255 e. The third kappa shape index (κ3) is 2.96. The first kappa shape index (κ1) is 14.0. The molecule has 0 spiro atoms. The van der Waals surface area contributed by atoms with Crippen LogP contribution >= 0.6 is 0 Å². The molecule has 0 aliphatic carbocycles. The number of nitrogens with two attached hydrogens (primary N) is 1. The normalized spacial score (nSPS) is 9.48. The summed E-state index contributed by atoms with van der Waals surface area (Å²) in [6, 6.07) is 11.8. The number of halogens is 1. The van der Waals surface area contributed by atoms with Crippen molar-refractivity contribution in [3.8, 4) is 12.1 Å². The molecule has 1 amide bonds. The van der Waals surface area contributed by atoms with Gasteiger partial charge in [0.2, 0.25) is 0 Å². The van der Waals surface area contributed by atoms with E-state index in [1.165, 1.54) is 30.3 Å². The molecule has 6 heteroatoms. The van der Waals surface area contributed by atoms with Gasteiger partial charge in [-0.3, -0.25) is 4.79 Å². The van der Waals surface area contributed by atoms with Crippen molar-refractivity contribution in [2.45, 2.75) is 0 Å². The van der Waals surface area contributed by atoms with Gasteiger partial charge in [0, 0.05) is 11.3 Å². The highest BCUT2D eigenvalue weighted by Crippen LogP contribution is 2.17. The Morgan fingerprint density at radius 2 is 1.81 bits per heavy atom. The van der Waals surface area contributed by atoms with Gasteiger partial charge in [-0.05, 0) is 36.4 Å². The van der Waals surface area contributed by atoms with Crippen molar-refractivity contribution in [1.82, 2.24) is 0 Å². The number of nitrogens with one attached hydrogen (secondary N) is 1. The summed E-state index contributed by atoms with van der Waals surface area (Å²) >= 11 is 0. The molecule has 0 fully saturated rings. The van der Waals surface area contributed by atoms with Crippen molar-refractivity contribution in [2.75, 3.05) is 11.1 Å². The minimum Gasteiger partial charge on any atom is -0.396 e. The summed E-state index contributed by atoms with van der Waals surface area (Å²) in [4.78, 5) is 12.0. The van der Waals surface area contributed by atoms with Crippen molar-refractivity contribution in [1.29, 1.82) is 10.5 Å². The molecule has 3 N–H and O–H groups in total. The molecule has 21 heavy (non-hydrogen) atoms. The van der Waals surface area contributed by atoms with Gasteiger partial charge in [-0.1, -0.05) is 0 Å². The molecule has 5 nitrogen and oxygen atoms in total. The first-order valence-electron chi connectivity index (χ1n) is 5.86. The Morgan fingerprint density at radius 3 is 2.43 bits per heavy atom. The Kier molecular flexibility index (Phi) is 3.83. The Labute approximate surface area is 120 Å². The minimum atomic E-state index is -0.680. The van der Waals surface area contributed by atoms with Crippen LogP contribution in [0.4, 0.5) is 15.8 Å². The summed E-state index contributed by atoms with van der Waals surface area (Å²) in [5, 5.41) is 20.3. The zero-order valence-corrected chi connectivity index (χ0v) is 10.7. The highest BCUT2D eigenvalue weighted by molar-refractivity contribution is 6.04. The second-order valence-electron chi connectivity index (χ2n) is 4.17. The van der Waals surface area contributed by atoms with E-state index in [0.717, 1.165) is 6.07 Å². The summed E-state index contributed by atoms with van der Waals surface area (Å²) in [5.41, 5.74) is 6.10. The van der Waals surface area contributed by atoms with E-state index in [4.69, 9.17) is 16.3 Å². The monoisotopic (exact) mass is 280 g/mol. The number of rotatable bonds is 2. The predicted molar refractivity (Wildman–Crippen MR) is 74.6 cm³/mol. The molecule has 0 radical (unpaired) electrons. The maximum atomic E-state index is 13.3. The SMILES string of the molecule is N#Cc1ccc(NC(=O)c2ccc(N)c(F)c2)cc1C#N. The molecule has 0 aromatic heterocycles. The maximum absolute atomic E-state index is 13.3. The number of carbonyl (C=O) groups excluding carboxylic acids is 1. The smallest absolute Gasteiger partial charge is 0.255 e. The van der Waals surface area contributed by atoms with Crippen LogP contribution in [0.2, 0.25) is 0 Å². The Bertz CT molecular complexity index is 802. The van der Waals surface area contributed by atoms with E-state index in [0.29, 0.717) is 5.69 Å². The summed E-state index contributed by atoms with van der Waals surface area (Å²) in [5.74, 6) is -1.22. The summed E-state index contributed by atoms with van der Waals surface area (Å²) in [6.45, 7) is 0. The van der Waals surface area contributed by atoms with Crippen LogP contribution in [0.1, 0.15) is 21.5 Å². The second-order valence-corrected chi connectivity index (χ2v) is 4.17. The molecule has 0 aliphatic heterocycles. The molecule has 2 rings (SSSR count). The fourth-order valence-electron chi connectivity index (χ4n) is 1.68. The fourth-order valence-corrected chi connectivity index (χ4v) is 1.68. The van der Waals surface area contributed by atoms with E-state index >= 15 is 0 Å². The van der Waals surface area contributed by atoms with Crippen LogP contribution < -0.4 is 11.1 Å². The average Bonchev–Trinajstić information content (AvgIpc) is 2.49. The highest BCUT2D eigenvalue weighted by atomic mass is 19.1. The van der Waals surface area contributed by atoms with Crippen LogP contribution in [0.3, 0.4) is 0 Å². The van der Waals surface area contributed by atoms with Crippen molar-refractivity contribution in [3.63, 3.8) is 0 Å². The van der Waals surface area contributed by atoms with Gasteiger partial charge in [-0.25, -0.2) is 4.39 Å². The number of nitrogen functional groups attached to an aromatic ring is 1. The zero-order chi connectivity index (χ0) is 15.4. The first-order valence-corrected chi connectivity index (χ1v) is 5.86. The zero-order valence-electron chi connectivity index (χ0n) is 10.7. The van der Waals surface area contributed by atoms with Crippen molar-refractivity contribution in [3.05, 3.63) is 58.9 Å². The van der Waals surface area contributed by atoms with Gasteiger partial charge in [0.15, 0.2) is 0 Å². The number of carbonyl (C=O) groups is 1. The second kappa shape index (κ2) is 5.72. The van der Waals surface area contributed by atoms with Gasteiger partial charge < -0.3 is 11.1 Å². The summed E-state index contributed by atoms with van der Waals surface area (Å²) < 4.78 is 13.3. The van der Waals surface area contributed by atoms with E-state index in [1.807, 2.05) is 12.1 Å².